The number of aryl methyl sites for hydroxylation is 1. The van der Waals surface area contributed by atoms with E-state index in [1.54, 1.807) is 19.1 Å². The van der Waals surface area contributed by atoms with Crippen molar-refractivity contribution in [1.82, 2.24) is 19.9 Å². The molecule has 186 valence electrons. The number of aromatic nitrogens is 3. The maximum atomic E-state index is 15.1. The molecule has 1 aliphatic heterocycles. The second-order valence-corrected chi connectivity index (χ2v) is 10.4. The third-order valence-electron chi connectivity index (χ3n) is 5.69. The summed E-state index contributed by atoms with van der Waals surface area (Å²) in [6.45, 7) is 4.87. The molecule has 0 radical (unpaired) electrons. The van der Waals surface area contributed by atoms with Crippen LogP contribution in [-0.2, 0) is 10.0 Å². The molecule has 1 saturated heterocycles. The molecule has 0 aliphatic carbocycles. The standard InChI is InChI=1S/C23H25ClFN5O4S/c1-3-6-28-35(32,33)17-9-14(2)21(18(25)11-17)15-4-7-26-20(10-15)34-16-5-8-30(13-16)19-12-27-29-23(31)22(19)24/h4,7,9-12,16,28H,3,5-6,8,13H2,1-2H3,(H,29,31)/t16-/m1/s1. The van der Waals surface area contributed by atoms with Gasteiger partial charge in [0.2, 0.25) is 15.9 Å². The number of hydrogen-bond acceptors (Lipinski definition) is 7. The van der Waals surface area contributed by atoms with Crippen molar-refractivity contribution in [2.75, 3.05) is 24.5 Å². The molecular weight excluding hydrogens is 497 g/mol. The number of aromatic amines is 1. The highest BCUT2D eigenvalue weighted by Crippen LogP contribution is 2.32. The quantitative estimate of drug-likeness (QED) is 0.467. The lowest BCUT2D eigenvalue weighted by molar-refractivity contribution is 0.216. The van der Waals surface area contributed by atoms with Gasteiger partial charge in [-0.15, -0.1) is 0 Å². The van der Waals surface area contributed by atoms with Gasteiger partial charge in [-0.1, -0.05) is 18.5 Å². The van der Waals surface area contributed by atoms with Crippen molar-refractivity contribution in [2.45, 2.75) is 37.7 Å². The summed E-state index contributed by atoms with van der Waals surface area (Å²) in [5.41, 5.74) is 1.35. The van der Waals surface area contributed by atoms with Crippen LogP contribution in [0.3, 0.4) is 0 Å². The Kier molecular flexibility index (Phi) is 7.39. The molecule has 1 fully saturated rings. The molecule has 2 aromatic heterocycles. The summed E-state index contributed by atoms with van der Waals surface area (Å²) < 4.78 is 48.4. The van der Waals surface area contributed by atoms with Crippen molar-refractivity contribution in [3.63, 3.8) is 0 Å². The average Bonchev–Trinajstić information content (AvgIpc) is 3.27. The lowest BCUT2D eigenvalue weighted by Crippen LogP contribution is -2.26. The fraction of sp³-hybridized carbons (Fsp3) is 0.348. The van der Waals surface area contributed by atoms with Gasteiger partial charge < -0.3 is 9.64 Å². The first-order chi connectivity index (χ1) is 16.7. The molecule has 9 nitrogen and oxygen atoms in total. The van der Waals surface area contributed by atoms with E-state index in [2.05, 4.69) is 19.9 Å². The Labute approximate surface area is 207 Å². The Morgan fingerprint density at radius 1 is 1.34 bits per heavy atom. The van der Waals surface area contributed by atoms with Gasteiger partial charge in [0.05, 0.1) is 23.3 Å². The Morgan fingerprint density at radius 3 is 2.89 bits per heavy atom. The van der Waals surface area contributed by atoms with Crippen molar-refractivity contribution < 1.29 is 17.5 Å². The summed E-state index contributed by atoms with van der Waals surface area (Å²) in [5.74, 6) is -0.341. The Balaban J connectivity index is 1.53. The first kappa shape index (κ1) is 25.1. The Hall–Kier alpha value is -3.02. The van der Waals surface area contributed by atoms with E-state index in [0.717, 1.165) is 6.07 Å². The van der Waals surface area contributed by atoms with Crippen molar-refractivity contribution in [3.8, 4) is 17.0 Å². The molecule has 3 aromatic rings. The number of anilines is 1. The molecule has 1 aliphatic rings. The SMILES string of the molecule is CCCNS(=O)(=O)c1cc(C)c(-c2ccnc(O[C@@H]3CCN(c4cn[nH]c(=O)c4Cl)C3)c2)c(F)c1. The number of pyridine rings is 1. The van der Waals surface area contributed by atoms with E-state index in [1.165, 1.54) is 18.5 Å². The van der Waals surface area contributed by atoms with E-state index in [9.17, 15) is 13.2 Å². The molecule has 2 N–H and O–H groups in total. The largest absolute Gasteiger partial charge is 0.472 e. The molecule has 0 spiro atoms. The maximum absolute atomic E-state index is 15.1. The normalized spacial score (nSPS) is 16.0. The number of hydrogen-bond donors (Lipinski definition) is 2. The smallest absolute Gasteiger partial charge is 0.285 e. The number of H-pyrrole nitrogens is 1. The number of ether oxygens (including phenoxy) is 1. The van der Waals surface area contributed by atoms with Gasteiger partial charge in [0.1, 0.15) is 16.9 Å². The van der Waals surface area contributed by atoms with Crippen molar-refractivity contribution in [3.05, 3.63) is 63.4 Å². The monoisotopic (exact) mass is 521 g/mol. The highest BCUT2D eigenvalue weighted by atomic mass is 35.5. The molecular formula is C23H25ClFN5O4S. The van der Waals surface area contributed by atoms with Crippen LogP contribution < -0.4 is 19.9 Å². The number of benzene rings is 1. The van der Waals surface area contributed by atoms with Gasteiger partial charge in [0.25, 0.3) is 5.56 Å². The maximum Gasteiger partial charge on any atom is 0.285 e. The summed E-state index contributed by atoms with van der Waals surface area (Å²) in [7, 11) is -3.79. The summed E-state index contributed by atoms with van der Waals surface area (Å²) >= 11 is 6.11. The Morgan fingerprint density at radius 2 is 2.14 bits per heavy atom. The lowest BCUT2D eigenvalue weighted by atomic mass is 10.0. The number of nitrogens with one attached hydrogen (secondary N) is 2. The van der Waals surface area contributed by atoms with E-state index in [1.807, 2.05) is 11.8 Å². The minimum Gasteiger partial charge on any atom is -0.472 e. The molecule has 0 saturated carbocycles. The Bertz CT molecular complexity index is 1380. The number of halogens is 2. The fourth-order valence-corrected chi connectivity index (χ4v) is 5.43. The molecule has 0 amide bonds. The topological polar surface area (TPSA) is 117 Å². The molecule has 1 aromatic carbocycles. The van der Waals surface area contributed by atoms with E-state index in [-0.39, 0.29) is 28.1 Å². The van der Waals surface area contributed by atoms with Crippen LogP contribution in [0.5, 0.6) is 5.88 Å². The van der Waals surface area contributed by atoms with E-state index >= 15 is 4.39 Å². The van der Waals surface area contributed by atoms with Gasteiger partial charge in [0, 0.05) is 37.3 Å². The summed E-state index contributed by atoms with van der Waals surface area (Å²) in [5, 5.41) is 6.17. The molecule has 3 heterocycles. The van der Waals surface area contributed by atoms with Gasteiger partial charge in [-0.3, -0.25) is 4.79 Å². The predicted molar refractivity (Wildman–Crippen MR) is 131 cm³/mol. The second kappa shape index (κ2) is 10.3. The highest BCUT2D eigenvalue weighted by molar-refractivity contribution is 7.89. The van der Waals surface area contributed by atoms with E-state index in [4.69, 9.17) is 16.3 Å². The second-order valence-electron chi connectivity index (χ2n) is 8.25. The first-order valence-electron chi connectivity index (χ1n) is 11.1. The van der Waals surface area contributed by atoms with E-state index in [0.29, 0.717) is 48.6 Å². The van der Waals surface area contributed by atoms with Crippen LogP contribution in [0.2, 0.25) is 5.02 Å². The molecule has 1 atom stereocenters. The van der Waals surface area contributed by atoms with Crippen LogP contribution in [0.1, 0.15) is 25.3 Å². The zero-order chi connectivity index (χ0) is 25.2. The minimum atomic E-state index is -3.79. The lowest BCUT2D eigenvalue weighted by Gasteiger charge is -2.19. The number of sulfonamides is 1. The predicted octanol–water partition coefficient (Wildman–Crippen LogP) is 3.28. The molecule has 4 rings (SSSR count). The molecule has 12 heteroatoms. The van der Waals surface area contributed by atoms with Crippen LogP contribution in [0, 0.1) is 12.7 Å². The van der Waals surface area contributed by atoms with Gasteiger partial charge in [-0.05, 0) is 42.7 Å². The van der Waals surface area contributed by atoms with E-state index < -0.39 is 21.4 Å². The summed E-state index contributed by atoms with van der Waals surface area (Å²) in [6.07, 6.45) is 4.08. The number of nitrogens with zero attached hydrogens (tertiary/aromatic N) is 3. The van der Waals surface area contributed by atoms with Crippen LogP contribution in [0.25, 0.3) is 11.1 Å². The molecule has 0 unspecified atom stereocenters. The minimum absolute atomic E-state index is 0.0714. The van der Waals surface area contributed by atoms with Crippen LogP contribution in [0.15, 0.2) is 46.3 Å². The van der Waals surface area contributed by atoms with Gasteiger partial charge in [0.15, 0.2) is 0 Å². The third-order valence-corrected chi connectivity index (χ3v) is 7.49. The highest BCUT2D eigenvalue weighted by Gasteiger charge is 2.27. The third kappa shape index (κ3) is 5.47. The average molecular weight is 522 g/mol. The van der Waals surface area contributed by atoms with Crippen LogP contribution in [-0.4, -0.2) is 49.3 Å². The summed E-state index contributed by atoms with van der Waals surface area (Å²) in [4.78, 5) is 17.8. The van der Waals surface area contributed by atoms with Crippen LogP contribution >= 0.6 is 11.6 Å². The zero-order valence-electron chi connectivity index (χ0n) is 19.2. The van der Waals surface area contributed by atoms with Crippen molar-refractivity contribution in [1.29, 1.82) is 0 Å². The van der Waals surface area contributed by atoms with Crippen molar-refractivity contribution >= 4 is 27.3 Å². The molecule has 35 heavy (non-hydrogen) atoms. The zero-order valence-corrected chi connectivity index (χ0v) is 20.8. The van der Waals surface area contributed by atoms with Gasteiger partial charge in [-0.25, -0.2) is 27.6 Å². The van der Waals surface area contributed by atoms with Gasteiger partial charge >= 0.3 is 0 Å². The first-order valence-corrected chi connectivity index (χ1v) is 13.0. The fourth-order valence-electron chi connectivity index (χ4n) is 3.99. The molecule has 0 bridgehead atoms. The van der Waals surface area contributed by atoms with Crippen molar-refractivity contribution in [2.24, 2.45) is 0 Å². The van der Waals surface area contributed by atoms with Gasteiger partial charge in [-0.2, -0.15) is 5.10 Å². The summed E-state index contributed by atoms with van der Waals surface area (Å²) in [6, 6.07) is 5.74. The number of rotatable bonds is 8. The van der Waals surface area contributed by atoms with Crippen LogP contribution in [0.4, 0.5) is 10.1 Å².